The summed E-state index contributed by atoms with van der Waals surface area (Å²) in [6.07, 6.45) is 0.810. The van der Waals surface area contributed by atoms with Crippen molar-refractivity contribution in [1.82, 2.24) is 9.80 Å². The van der Waals surface area contributed by atoms with Crippen molar-refractivity contribution in [3.8, 4) is 5.75 Å². The van der Waals surface area contributed by atoms with Gasteiger partial charge in [0.15, 0.2) is 0 Å². The van der Waals surface area contributed by atoms with Gasteiger partial charge in [-0.05, 0) is 29.2 Å². The lowest BCUT2D eigenvalue weighted by atomic mass is 10.0. The topological polar surface area (TPSA) is 46.9 Å². The number of fused-ring (bicyclic) bond motifs is 1. The van der Waals surface area contributed by atoms with Crippen molar-refractivity contribution in [3.63, 3.8) is 0 Å². The number of aliphatic hydroxyl groups excluding tert-OH is 1. The minimum absolute atomic E-state index is 0.229. The highest BCUT2D eigenvalue weighted by Gasteiger charge is 2.27. The SMILES string of the molecule is CC(C)CN1CCN(Cc2c(O)ccc3ccccc23)C[C@@H]1CCO. The van der Waals surface area contributed by atoms with E-state index >= 15 is 0 Å². The molecule has 3 rings (SSSR count). The largest absolute Gasteiger partial charge is 0.508 e. The summed E-state index contributed by atoms with van der Waals surface area (Å²) in [7, 11) is 0. The quantitative estimate of drug-likeness (QED) is 0.847. The van der Waals surface area contributed by atoms with E-state index in [-0.39, 0.29) is 6.61 Å². The van der Waals surface area contributed by atoms with E-state index in [4.69, 9.17) is 0 Å². The van der Waals surface area contributed by atoms with Gasteiger partial charge < -0.3 is 10.2 Å². The van der Waals surface area contributed by atoms with E-state index in [1.165, 1.54) is 5.39 Å². The van der Waals surface area contributed by atoms with Crippen molar-refractivity contribution in [1.29, 1.82) is 0 Å². The van der Waals surface area contributed by atoms with Gasteiger partial charge in [0.05, 0.1) is 0 Å². The molecule has 0 radical (unpaired) electrons. The van der Waals surface area contributed by atoms with Crippen molar-refractivity contribution in [2.75, 3.05) is 32.8 Å². The number of aromatic hydroxyl groups is 1. The van der Waals surface area contributed by atoms with E-state index in [1.54, 1.807) is 6.07 Å². The first kappa shape index (κ1) is 18.2. The van der Waals surface area contributed by atoms with Gasteiger partial charge in [0, 0.05) is 50.9 Å². The highest BCUT2D eigenvalue weighted by molar-refractivity contribution is 5.87. The van der Waals surface area contributed by atoms with Crippen molar-refractivity contribution in [2.24, 2.45) is 5.92 Å². The van der Waals surface area contributed by atoms with Crippen LogP contribution in [0.15, 0.2) is 36.4 Å². The Balaban J connectivity index is 1.77. The number of benzene rings is 2. The first-order valence-electron chi connectivity index (χ1n) is 9.35. The number of aliphatic hydroxyl groups is 1. The van der Waals surface area contributed by atoms with Crippen LogP contribution in [0.3, 0.4) is 0 Å². The molecule has 1 fully saturated rings. The molecule has 1 aliphatic rings. The summed E-state index contributed by atoms with van der Waals surface area (Å²) in [5, 5.41) is 22.1. The maximum atomic E-state index is 10.4. The average molecular weight is 342 g/mol. The molecule has 0 aromatic heterocycles. The van der Waals surface area contributed by atoms with Gasteiger partial charge in [-0.25, -0.2) is 0 Å². The predicted octanol–water partition coefficient (Wildman–Crippen LogP) is 3.07. The maximum absolute atomic E-state index is 10.4. The molecule has 0 spiro atoms. The minimum atomic E-state index is 0.229. The molecule has 0 aliphatic carbocycles. The van der Waals surface area contributed by atoms with Crippen molar-refractivity contribution in [3.05, 3.63) is 42.0 Å². The Kier molecular flexibility index (Phi) is 5.94. The minimum Gasteiger partial charge on any atom is -0.508 e. The number of phenolic OH excluding ortho intramolecular Hbond substituents is 1. The van der Waals surface area contributed by atoms with Gasteiger partial charge in [-0.1, -0.05) is 44.2 Å². The first-order chi connectivity index (χ1) is 12.1. The monoisotopic (exact) mass is 342 g/mol. The van der Waals surface area contributed by atoms with Gasteiger partial charge in [-0.3, -0.25) is 9.80 Å². The maximum Gasteiger partial charge on any atom is 0.120 e. The molecule has 0 unspecified atom stereocenters. The summed E-state index contributed by atoms with van der Waals surface area (Å²) in [5.41, 5.74) is 1.01. The molecule has 0 saturated carbocycles. The number of rotatable bonds is 6. The molecule has 0 bridgehead atoms. The standard InChI is InChI=1S/C21H30N2O2/c1-16(2)13-23-11-10-22(14-18(23)9-12-24)15-20-19-6-4-3-5-17(19)7-8-21(20)25/h3-8,16,18,24-25H,9-15H2,1-2H3/t18-/m0/s1. The normalized spacial score (nSPS) is 19.8. The van der Waals surface area contributed by atoms with Gasteiger partial charge in [0.1, 0.15) is 5.75 Å². The zero-order valence-corrected chi connectivity index (χ0v) is 15.4. The fraction of sp³-hybridized carbons (Fsp3) is 0.524. The van der Waals surface area contributed by atoms with Gasteiger partial charge in [-0.2, -0.15) is 0 Å². The van der Waals surface area contributed by atoms with Crippen LogP contribution in [0.1, 0.15) is 25.8 Å². The lowest BCUT2D eigenvalue weighted by molar-refractivity contribution is 0.0475. The second kappa shape index (κ2) is 8.17. The summed E-state index contributed by atoms with van der Waals surface area (Å²) in [6.45, 7) is 9.52. The van der Waals surface area contributed by atoms with Crippen LogP contribution < -0.4 is 0 Å². The molecule has 1 atom stereocenters. The first-order valence-corrected chi connectivity index (χ1v) is 9.35. The Morgan fingerprint density at radius 3 is 2.68 bits per heavy atom. The fourth-order valence-electron chi connectivity index (χ4n) is 3.95. The second-order valence-electron chi connectivity index (χ2n) is 7.57. The predicted molar refractivity (Wildman–Crippen MR) is 103 cm³/mol. The van der Waals surface area contributed by atoms with Crippen LogP contribution in [0.5, 0.6) is 5.75 Å². The van der Waals surface area contributed by atoms with Crippen molar-refractivity contribution in [2.45, 2.75) is 32.9 Å². The van der Waals surface area contributed by atoms with E-state index in [9.17, 15) is 10.2 Å². The zero-order chi connectivity index (χ0) is 17.8. The van der Waals surface area contributed by atoms with Crippen LogP contribution in [-0.2, 0) is 6.54 Å². The highest BCUT2D eigenvalue weighted by Crippen LogP contribution is 2.29. The second-order valence-corrected chi connectivity index (χ2v) is 7.57. The molecule has 2 aromatic carbocycles. The third kappa shape index (κ3) is 4.32. The number of piperazine rings is 1. The lowest BCUT2D eigenvalue weighted by Gasteiger charge is -2.42. The van der Waals surface area contributed by atoms with Crippen molar-refractivity contribution < 1.29 is 10.2 Å². The van der Waals surface area contributed by atoms with Gasteiger partial charge in [-0.15, -0.1) is 0 Å². The number of hydrogen-bond acceptors (Lipinski definition) is 4. The molecule has 4 heteroatoms. The van der Waals surface area contributed by atoms with E-state index in [2.05, 4.69) is 35.8 Å². The fourth-order valence-corrected chi connectivity index (χ4v) is 3.95. The van der Waals surface area contributed by atoms with E-state index in [0.717, 1.165) is 50.1 Å². The molecule has 2 N–H and O–H groups in total. The van der Waals surface area contributed by atoms with E-state index in [1.807, 2.05) is 18.2 Å². The van der Waals surface area contributed by atoms with Crippen LogP contribution >= 0.6 is 0 Å². The van der Waals surface area contributed by atoms with Crippen LogP contribution in [-0.4, -0.2) is 58.8 Å². The van der Waals surface area contributed by atoms with Crippen LogP contribution in [0, 0.1) is 5.92 Å². The Morgan fingerprint density at radius 2 is 1.92 bits per heavy atom. The lowest BCUT2D eigenvalue weighted by Crippen LogP contribution is -2.53. The average Bonchev–Trinajstić information content (AvgIpc) is 2.59. The smallest absolute Gasteiger partial charge is 0.120 e. The van der Waals surface area contributed by atoms with E-state index < -0.39 is 0 Å². The van der Waals surface area contributed by atoms with Gasteiger partial charge in [0.25, 0.3) is 0 Å². The molecular formula is C21H30N2O2. The Hall–Kier alpha value is -1.62. The molecular weight excluding hydrogens is 312 g/mol. The molecule has 1 saturated heterocycles. The zero-order valence-electron chi connectivity index (χ0n) is 15.4. The number of nitrogens with zero attached hydrogens (tertiary/aromatic N) is 2. The Bertz CT molecular complexity index is 701. The van der Waals surface area contributed by atoms with Crippen molar-refractivity contribution >= 4 is 10.8 Å². The summed E-state index contributed by atoms with van der Waals surface area (Å²) in [5.74, 6) is 1.01. The van der Waals surface area contributed by atoms with Crippen LogP contribution in [0.2, 0.25) is 0 Å². The highest BCUT2D eigenvalue weighted by atomic mass is 16.3. The summed E-state index contributed by atoms with van der Waals surface area (Å²) in [6, 6.07) is 12.4. The number of phenols is 1. The van der Waals surface area contributed by atoms with Gasteiger partial charge >= 0.3 is 0 Å². The third-order valence-corrected chi connectivity index (χ3v) is 5.15. The molecule has 25 heavy (non-hydrogen) atoms. The van der Waals surface area contributed by atoms with E-state index in [0.29, 0.717) is 17.7 Å². The Morgan fingerprint density at radius 1 is 1.12 bits per heavy atom. The van der Waals surface area contributed by atoms with Crippen LogP contribution in [0.4, 0.5) is 0 Å². The summed E-state index contributed by atoms with van der Waals surface area (Å²) >= 11 is 0. The summed E-state index contributed by atoms with van der Waals surface area (Å²) < 4.78 is 0. The molecule has 136 valence electrons. The molecule has 1 aliphatic heterocycles. The van der Waals surface area contributed by atoms with Gasteiger partial charge in [0.2, 0.25) is 0 Å². The molecule has 0 amide bonds. The molecule has 2 aromatic rings. The third-order valence-electron chi connectivity index (χ3n) is 5.15. The molecule has 1 heterocycles. The van der Waals surface area contributed by atoms with Crippen LogP contribution in [0.25, 0.3) is 10.8 Å². The summed E-state index contributed by atoms with van der Waals surface area (Å²) in [4.78, 5) is 4.93. The number of hydrogen-bond donors (Lipinski definition) is 2. The molecule has 4 nitrogen and oxygen atoms in total. The Labute approximate surface area is 150 Å².